The molecule has 0 bridgehead atoms. The van der Waals surface area contributed by atoms with Crippen LogP contribution in [0.3, 0.4) is 0 Å². The Bertz CT molecular complexity index is 967. The number of hydrazine groups is 1. The zero-order chi connectivity index (χ0) is 27.7. The number of hydrogen-bond acceptors (Lipinski definition) is 8. The van der Waals surface area contributed by atoms with Crippen molar-refractivity contribution in [3.8, 4) is 0 Å². The number of esters is 1. The zero-order valence-electron chi connectivity index (χ0n) is 22.1. The van der Waals surface area contributed by atoms with Gasteiger partial charge >= 0.3 is 12.1 Å². The lowest BCUT2D eigenvalue weighted by atomic mass is 9.98. The van der Waals surface area contributed by atoms with Crippen molar-refractivity contribution < 1.29 is 33.4 Å². The van der Waals surface area contributed by atoms with Gasteiger partial charge in [0.2, 0.25) is 11.8 Å². The third kappa shape index (κ3) is 7.75. The highest BCUT2D eigenvalue weighted by molar-refractivity contribution is 6.36. The second-order valence-electron chi connectivity index (χ2n) is 9.64. The standard InChI is InChI=1S/C26H38N4O7/c1-6-36-25(34)22(31)20(16(2)3)28-23(32)19-13-10-14-29(19)24(33)21(17(4)5)30(27)26(35)37-15-18-11-8-7-9-12-18/h7-9,11-12,16-17,19-21H,6,10,13-15,27H2,1-5H3,(H,28,32). The molecule has 1 aliphatic rings. The van der Waals surface area contributed by atoms with Crippen molar-refractivity contribution in [1.29, 1.82) is 0 Å². The summed E-state index contributed by atoms with van der Waals surface area (Å²) in [5.74, 6) is 2.37. The van der Waals surface area contributed by atoms with Crippen LogP contribution in [0.25, 0.3) is 0 Å². The predicted molar refractivity (Wildman–Crippen MR) is 134 cm³/mol. The molecule has 3 unspecified atom stereocenters. The molecule has 1 saturated heterocycles. The zero-order valence-corrected chi connectivity index (χ0v) is 22.1. The summed E-state index contributed by atoms with van der Waals surface area (Å²) >= 11 is 0. The van der Waals surface area contributed by atoms with Crippen LogP contribution in [0, 0.1) is 11.8 Å². The molecule has 0 aromatic heterocycles. The van der Waals surface area contributed by atoms with Crippen molar-refractivity contribution in [2.24, 2.45) is 17.7 Å². The number of hydrogen-bond donors (Lipinski definition) is 2. The fraction of sp³-hybridized carbons (Fsp3) is 0.577. The van der Waals surface area contributed by atoms with Gasteiger partial charge in [-0.25, -0.2) is 20.4 Å². The smallest absolute Gasteiger partial charge is 0.425 e. The molecule has 3 amide bonds. The lowest BCUT2D eigenvalue weighted by molar-refractivity contribution is -0.155. The number of ether oxygens (including phenoxy) is 2. The number of benzene rings is 1. The number of ketones is 1. The molecule has 3 N–H and O–H groups in total. The number of likely N-dealkylation sites (tertiary alicyclic amines) is 1. The van der Waals surface area contributed by atoms with Crippen LogP contribution < -0.4 is 11.2 Å². The maximum Gasteiger partial charge on any atom is 0.425 e. The van der Waals surface area contributed by atoms with Gasteiger partial charge in [-0.05, 0) is 37.2 Å². The van der Waals surface area contributed by atoms with Gasteiger partial charge < -0.3 is 19.7 Å². The summed E-state index contributed by atoms with van der Waals surface area (Å²) in [6.07, 6.45) is 0.0515. The molecule has 0 aliphatic carbocycles. The van der Waals surface area contributed by atoms with Gasteiger partial charge in [-0.2, -0.15) is 0 Å². The molecule has 1 aromatic carbocycles. The monoisotopic (exact) mass is 518 g/mol. The minimum absolute atomic E-state index is 0.00773. The summed E-state index contributed by atoms with van der Waals surface area (Å²) in [5, 5.41) is 3.39. The Morgan fingerprint density at radius 3 is 2.27 bits per heavy atom. The normalized spacial score (nSPS) is 16.8. The highest BCUT2D eigenvalue weighted by Crippen LogP contribution is 2.23. The van der Waals surface area contributed by atoms with E-state index in [9.17, 15) is 24.0 Å². The molecular weight excluding hydrogens is 480 g/mol. The summed E-state index contributed by atoms with van der Waals surface area (Å²) < 4.78 is 10.1. The van der Waals surface area contributed by atoms with E-state index >= 15 is 0 Å². The van der Waals surface area contributed by atoms with Crippen LogP contribution in [0.15, 0.2) is 30.3 Å². The van der Waals surface area contributed by atoms with Gasteiger partial charge in [0.1, 0.15) is 24.7 Å². The van der Waals surface area contributed by atoms with Gasteiger partial charge in [0.05, 0.1) is 6.61 Å². The Balaban J connectivity index is 2.13. The summed E-state index contributed by atoms with van der Waals surface area (Å²) in [7, 11) is 0. The molecule has 2 rings (SSSR count). The molecule has 37 heavy (non-hydrogen) atoms. The Labute approximate surface area is 217 Å². The lowest BCUT2D eigenvalue weighted by Gasteiger charge is -2.34. The van der Waals surface area contributed by atoms with E-state index in [1.807, 2.05) is 18.2 Å². The molecule has 1 heterocycles. The number of amides is 3. The fourth-order valence-electron chi connectivity index (χ4n) is 4.22. The van der Waals surface area contributed by atoms with Gasteiger partial charge in [-0.15, -0.1) is 0 Å². The molecule has 1 aliphatic heterocycles. The van der Waals surface area contributed by atoms with Crippen molar-refractivity contribution in [3.05, 3.63) is 35.9 Å². The lowest BCUT2D eigenvalue weighted by Crippen LogP contribution is -2.60. The van der Waals surface area contributed by atoms with Gasteiger partial charge in [-0.1, -0.05) is 58.0 Å². The van der Waals surface area contributed by atoms with E-state index < -0.39 is 47.8 Å². The SMILES string of the molecule is CCOC(=O)C(=O)C(NC(=O)C1CCCN1C(=O)C(C(C)C)N(N)C(=O)OCc1ccccc1)C(C)C. The Kier molecular flexibility index (Phi) is 11.0. The van der Waals surface area contributed by atoms with Crippen LogP contribution >= 0.6 is 0 Å². The molecule has 1 aromatic rings. The number of nitrogens with two attached hydrogens (primary N) is 1. The molecule has 204 valence electrons. The average molecular weight is 519 g/mol. The molecule has 11 nitrogen and oxygen atoms in total. The van der Waals surface area contributed by atoms with E-state index in [1.165, 1.54) is 4.90 Å². The van der Waals surface area contributed by atoms with E-state index in [0.29, 0.717) is 12.8 Å². The van der Waals surface area contributed by atoms with Crippen molar-refractivity contribution in [3.63, 3.8) is 0 Å². The fourth-order valence-corrected chi connectivity index (χ4v) is 4.22. The second kappa shape index (κ2) is 13.7. The molecule has 0 spiro atoms. The second-order valence-corrected chi connectivity index (χ2v) is 9.64. The summed E-state index contributed by atoms with van der Waals surface area (Å²) in [4.78, 5) is 65.2. The van der Waals surface area contributed by atoms with Gasteiger partial charge in [-0.3, -0.25) is 14.4 Å². The molecule has 1 fully saturated rings. The Morgan fingerprint density at radius 1 is 1.05 bits per heavy atom. The average Bonchev–Trinajstić information content (AvgIpc) is 3.36. The largest absolute Gasteiger partial charge is 0.460 e. The summed E-state index contributed by atoms with van der Waals surface area (Å²) in [6, 6.07) is 6.01. The number of rotatable bonds is 11. The molecular formula is C26H38N4O7. The molecule has 11 heteroatoms. The number of Topliss-reactive ketones (excluding diaryl/α,β-unsaturated/α-hetero) is 1. The topological polar surface area (TPSA) is 148 Å². The molecule has 0 saturated carbocycles. The van der Waals surface area contributed by atoms with E-state index in [0.717, 1.165) is 10.6 Å². The van der Waals surface area contributed by atoms with Crippen LogP contribution in [0.2, 0.25) is 0 Å². The quantitative estimate of drug-likeness (QED) is 0.148. The van der Waals surface area contributed by atoms with E-state index in [-0.39, 0.29) is 31.6 Å². The highest BCUT2D eigenvalue weighted by atomic mass is 16.6. The first-order valence-electron chi connectivity index (χ1n) is 12.6. The highest BCUT2D eigenvalue weighted by Gasteiger charge is 2.42. The van der Waals surface area contributed by atoms with Crippen LogP contribution in [0.5, 0.6) is 0 Å². The van der Waals surface area contributed by atoms with Crippen LogP contribution in [-0.2, 0) is 35.3 Å². The Hall–Kier alpha value is -3.47. The first kappa shape index (κ1) is 29.8. The van der Waals surface area contributed by atoms with Gasteiger partial charge in [0.25, 0.3) is 5.78 Å². The van der Waals surface area contributed by atoms with E-state index in [1.54, 1.807) is 46.8 Å². The molecule has 0 radical (unpaired) electrons. The number of nitrogens with zero attached hydrogens (tertiary/aromatic N) is 2. The minimum Gasteiger partial charge on any atom is -0.460 e. The van der Waals surface area contributed by atoms with Crippen molar-refractivity contribution in [2.75, 3.05) is 13.2 Å². The maximum absolute atomic E-state index is 13.5. The maximum atomic E-state index is 13.5. The molecule has 3 atom stereocenters. The van der Waals surface area contributed by atoms with Crippen molar-refractivity contribution in [2.45, 2.75) is 72.2 Å². The van der Waals surface area contributed by atoms with Crippen LogP contribution in [0.1, 0.15) is 53.0 Å². The van der Waals surface area contributed by atoms with Crippen LogP contribution in [0.4, 0.5) is 4.79 Å². The number of carbonyl (C=O) groups excluding carboxylic acids is 5. The first-order valence-corrected chi connectivity index (χ1v) is 12.6. The van der Waals surface area contributed by atoms with Crippen molar-refractivity contribution in [1.82, 2.24) is 15.2 Å². The van der Waals surface area contributed by atoms with Crippen LogP contribution in [-0.4, -0.2) is 70.8 Å². The Morgan fingerprint density at radius 2 is 1.70 bits per heavy atom. The first-order chi connectivity index (χ1) is 17.5. The third-order valence-electron chi connectivity index (χ3n) is 6.16. The number of nitrogens with one attached hydrogen (secondary N) is 1. The third-order valence-corrected chi connectivity index (χ3v) is 6.16. The van der Waals surface area contributed by atoms with Crippen molar-refractivity contribution >= 4 is 29.7 Å². The van der Waals surface area contributed by atoms with Gasteiger partial charge in [0, 0.05) is 6.54 Å². The minimum atomic E-state index is -1.09. The predicted octanol–water partition coefficient (Wildman–Crippen LogP) is 1.79. The number of carbonyl (C=O) groups is 5. The van der Waals surface area contributed by atoms with Gasteiger partial charge in [0.15, 0.2) is 0 Å². The summed E-state index contributed by atoms with van der Waals surface area (Å²) in [6.45, 7) is 8.77. The van der Waals surface area contributed by atoms with E-state index in [4.69, 9.17) is 15.3 Å². The summed E-state index contributed by atoms with van der Waals surface area (Å²) in [5.41, 5.74) is 0.769. The van der Waals surface area contributed by atoms with E-state index in [2.05, 4.69) is 5.32 Å².